The fourth-order valence-electron chi connectivity index (χ4n) is 1.97. The van der Waals surface area contributed by atoms with Gasteiger partial charge >= 0.3 is 0 Å². The molecule has 23 heavy (non-hydrogen) atoms. The van der Waals surface area contributed by atoms with Crippen molar-refractivity contribution in [1.29, 1.82) is 0 Å². The summed E-state index contributed by atoms with van der Waals surface area (Å²) in [6.45, 7) is 0. The molecule has 114 valence electrons. The number of fused-ring (bicyclic) bond motifs is 1. The summed E-state index contributed by atoms with van der Waals surface area (Å²) in [6.07, 6.45) is 4.47. The molecule has 0 bridgehead atoms. The van der Waals surface area contributed by atoms with Crippen LogP contribution in [0.25, 0.3) is 17.1 Å². The molecule has 0 aliphatic carbocycles. The molecule has 0 spiro atoms. The Hall–Kier alpha value is -2.79. The van der Waals surface area contributed by atoms with Crippen molar-refractivity contribution in [1.82, 2.24) is 9.97 Å². The molecule has 2 aromatic carbocycles. The van der Waals surface area contributed by atoms with E-state index in [0.717, 1.165) is 11.0 Å². The van der Waals surface area contributed by atoms with Crippen molar-refractivity contribution in [2.24, 2.45) is 0 Å². The van der Waals surface area contributed by atoms with Crippen LogP contribution in [0.5, 0.6) is 0 Å². The van der Waals surface area contributed by atoms with E-state index in [1.165, 1.54) is 24.3 Å². The van der Waals surface area contributed by atoms with E-state index in [9.17, 15) is 9.18 Å². The molecular weight excluding hydrogens is 317 g/mol. The van der Waals surface area contributed by atoms with E-state index in [4.69, 9.17) is 11.6 Å². The van der Waals surface area contributed by atoms with Crippen molar-refractivity contribution in [3.63, 3.8) is 0 Å². The van der Waals surface area contributed by atoms with E-state index >= 15 is 0 Å². The monoisotopic (exact) mass is 327 g/mol. The lowest BCUT2D eigenvalue weighted by Crippen LogP contribution is -2.07. The van der Waals surface area contributed by atoms with Gasteiger partial charge in [-0.15, -0.1) is 0 Å². The zero-order valence-electron chi connectivity index (χ0n) is 11.8. The number of carbonyl (C=O) groups excluding carboxylic acids is 1. The van der Waals surface area contributed by atoms with Gasteiger partial charge in [0, 0.05) is 11.8 Å². The number of nitrogens with one attached hydrogen (secondary N) is 1. The predicted octanol–water partition coefficient (Wildman–Crippen LogP) is 4.07. The average molecular weight is 328 g/mol. The largest absolute Gasteiger partial charge is 0.322 e. The molecule has 0 aliphatic rings. The minimum Gasteiger partial charge on any atom is -0.322 e. The molecular formula is C17H11ClFN3O. The van der Waals surface area contributed by atoms with Gasteiger partial charge in [0.05, 0.1) is 27.9 Å². The smallest absolute Gasteiger partial charge is 0.248 e. The number of halogens is 2. The summed E-state index contributed by atoms with van der Waals surface area (Å²) in [5.41, 5.74) is 2.52. The number of para-hydroxylation sites is 2. The molecule has 1 aromatic heterocycles. The molecule has 0 aliphatic heterocycles. The fourth-order valence-corrected chi connectivity index (χ4v) is 2.15. The standard InChI is InChI=1S/C17H11ClFN3O/c18-13-9-11(5-7-14(13)19)22-17(23)8-6-12-10-20-15-3-1-2-4-16(15)21-12/h1-10H,(H,22,23)/b8-6+. The average Bonchev–Trinajstić information content (AvgIpc) is 2.56. The van der Waals surface area contributed by atoms with E-state index in [1.807, 2.05) is 24.3 Å². The highest BCUT2D eigenvalue weighted by Crippen LogP contribution is 2.19. The number of nitrogens with zero attached hydrogens (tertiary/aromatic N) is 2. The summed E-state index contributed by atoms with van der Waals surface area (Å²) in [6, 6.07) is 11.4. The van der Waals surface area contributed by atoms with Crippen molar-refractivity contribution in [3.05, 3.63) is 71.3 Å². The number of aromatic nitrogens is 2. The molecule has 0 saturated heterocycles. The van der Waals surface area contributed by atoms with Crippen LogP contribution >= 0.6 is 11.6 Å². The third kappa shape index (κ3) is 3.70. The lowest BCUT2D eigenvalue weighted by atomic mass is 10.3. The van der Waals surface area contributed by atoms with Gasteiger partial charge in [0.2, 0.25) is 5.91 Å². The van der Waals surface area contributed by atoms with Gasteiger partial charge in [-0.3, -0.25) is 9.78 Å². The number of carbonyl (C=O) groups is 1. The Bertz CT molecular complexity index is 911. The molecule has 3 rings (SSSR count). The lowest BCUT2D eigenvalue weighted by molar-refractivity contribution is -0.111. The van der Waals surface area contributed by atoms with Crippen LogP contribution in [0.1, 0.15) is 5.69 Å². The second-order valence-corrected chi connectivity index (χ2v) is 5.14. The van der Waals surface area contributed by atoms with Gasteiger partial charge in [0.25, 0.3) is 0 Å². The molecule has 1 amide bonds. The second kappa shape index (κ2) is 6.54. The Morgan fingerprint density at radius 1 is 1.17 bits per heavy atom. The number of rotatable bonds is 3. The van der Waals surface area contributed by atoms with Gasteiger partial charge in [0.1, 0.15) is 5.82 Å². The van der Waals surface area contributed by atoms with Crippen molar-refractivity contribution in [2.45, 2.75) is 0 Å². The molecule has 4 nitrogen and oxygen atoms in total. The van der Waals surface area contributed by atoms with Crippen molar-refractivity contribution in [3.8, 4) is 0 Å². The van der Waals surface area contributed by atoms with Gasteiger partial charge in [-0.25, -0.2) is 9.37 Å². The third-order valence-corrected chi connectivity index (χ3v) is 3.35. The van der Waals surface area contributed by atoms with Crippen LogP contribution in [0, 0.1) is 5.82 Å². The van der Waals surface area contributed by atoms with Gasteiger partial charge in [-0.05, 0) is 36.4 Å². The lowest BCUT2D eigenvalue weighted by Gasteiger charge is -2.03. The summed E-state index contributed by atoms with van der Waals surface area (Å²) in [4.78, 5) is 20.5. The molecule has 0 unspecified atom stereocenters. The molecule has 6 heteroatoms. The highest BCUT2D eigenvalue weighted by Gasteiger charge is 2.03. The maximum Gasteiger partial charge on any atom is 0.248 e. The molecule has 3 aromatic rings. The van der Waals surface area contributed by atoms with Gasteiger partial charge < -0.3 is 5.32 Å². The SMILES string of the molecule is O=C(/C=C/c1cnc2ccccc2n1)Nc1ccc(F)c(Cl)c1. The first-order chi connectivity index (χ1) is 11.1. The summed E-state index contributed by atoms with van der Waals surface area (Å²) in [5.74, 6) is -0.908. The van der Waals surface area contributed by atoms with Crippen LogP contribution in [0.15, 0.2) is 54.7 Å². The van der Waals surface area contributed by atoms with Crippen LogP contribution in [-0.4, -0.2) is 15.9 Å². The zero-order valence-corrected chi connectivity index (χ0v) is 12.6. The molecule has 0 radical (unpaired) electrons. The Balaban J connectivity index is 1.72. The van der Waals surface area contributed by atoms with Crippen LogP contribution in [0.4, 0.5) is 10.1 Å². The maximum absolute atomic E-state index is 13.1. The molecule has 1 heterocycles. The number of anilines is 1. The number of benzene rings is 2. The highest BCUT2D eigenvalue weighted by atomic mass is 35.5. The van der Waals surface area contributed by atoms with Gasteiger partial charge in [0.15, 0.2) is 0 Å². The van der Waals surface area contributed by atoms with Crippen molar-refractivity contribution in [2.75, 3.05) is 5.32 Å². The number of hydrogen-bond acceptors (Lipinski definition) is 3. The van der Waals surface area contributed by atoms with E-state index in [2.05, 4.69) is 15.3 Å². The topological polar surface area (TPSA) is 54.9 Å². The predicted molar refractivity (Wildman–Crippen MR) is 88.6 cm³/mol. The van der Waals surface area contributed by atoms with E-state index in [1.54, 1.807) is 12.3 Å². The molecule has 0 atom stereocenters. The molecule has 1 N–H and O–H groups in total. The van der Waals surface area contributed by atoms with Crippen LogP contribution < -0.4 is 5.32 Å². The van der Waals surface area contributed by atoms with Crippen molar-refractivity contribution >= 4 is 40.3 Å². The zero-order chi connectivity index (χ0) is 16.2. The van der Waals surface area contributed by atoms with Crippen LogP contribution in [0.3, 0.4) is 0 Å². The maximum atomic E-state index is 13.1. The van der Waals surface area contributed by atoms with Gasteiger partial charge in [-0.1, -0.05) is 23.7 Å². The Labute approximate surface area is 136 Å². The van der Waals surface area contributed by atoms with E-state index in [-0.39, 0.29) is 10.9 Å². The van der Waals surface area contributed by atoms with Crippen molar-refractivity contribution < 1.29 is 9.18 Å². The van der Waals surface area contributed by atoms with E-state index < -0.39 is 5.82 Å². The summed E-state index contributed by atoms with van der Waals surface area (Å²) >= 11 is 5.66. The number of amides is 1. The first-order valence-electron chi connectivity index (χ1n) is 6.78. The quantitative estimate of drug-likeness (QED) is 0.738. The minimum absolute atomic E-state index is 0.0489. The summed E-state index contributed by atoms with van der Waals surface area (Å²) in [5, 5.41) is 2.54. The summed E-state index contributed by atoms with van der Waals surface area (Å²) in [7, 11) is 0. The third-order valence-electron chi connectivity index (χ3n) is 3.06. The second-order valence-electron chi connectivity index (χ2n) is 4.74. The Morgan fingerprint density at radius 3 is 2.74 bits per heavy atom. The van der Waals surface area contributed by atoms with Gasteiger partial charge in [-0.2, -0.15) is 0 Å². The van der Waals surface area contributed by atoms with Crippen LogP contribution in [0.2, 0.25) is 5.02 Å². The first kappa shape index (κ1) is 15.1. The fraction of sp³-hybridized carbons (Fsp3) is 0. The molecule has 0 saturated carbocycles. The normalized spacial score (nSPS) is 11.0. The Kier molecular flexibility index (Phi) is 4.30. The van der Waals surface area contributed by atoms with Crippen LogP contribution in [-0.2, 0) is 4.79 Å². The summed E-state index contributed by atoms with van der Waals surface area (Å²) < 4.78 is 13.1. The Morgan fingerprint density at radius 2 is 1.96 bits per heavy atom. The number of hydrogen-bond donors (Lipinski definition) is 1. The van der Waals surface area contributed by atoms with E-state index in [0.29, 0.717) is 11.4 Å². The first-order valence-corrected chi connectivity index (χ1v) is 7.15. The minimum atomic E-state index is -0.536. The molecule has 0 fully saturated rings. The highest BCUT2D eigenvalue weighted by molar-refractivity contribution is 6.31.